The van der Waals surface area contributed by atoms with Crippen LogP contribution >= 0.6 is 23.2 Å². The van der Waals surface area contributed by atoms with Gasteiger partial charge in [-0.25, -0.2) is 0 Å². The number of amides is 1. The first-order valence-electron chi connectivity index (χ1n) is 9.95. The third-order valence-corrected chi connectivity index (χ3v) is 6.12. The van der Waals surface area contributed by atoms with Gasteiger partial charge in [-0.15, -0.1) is 10.2 Å². The summed E-state index contributed by atoms with van der Waals surface area (Å²) in [6, 6.07) is 16.3. The maximum atomic E-state index is 12.4. The highest BCUT2D eigenvalue weighted by atomic mass is 35.5. The SMILES string of the molecule is CC1CCN(c2ccc(-c3ccc(NC(=O)c4ccc(Cl)c(Cl)c4)cc3)nn2)CC1. The Labute approximate surface area is 186 Å². The van der Waals surface area contributed by atoms with E-state index in [1.54, 1.807) is 18.2 Å². The normalized spacial score (nSPS) is 14.6. The molecule has 1 fully saturated rings. The van der Waals surface area contributed by atoms with E-state index in [1.807, 2.05) is 36.4 Å². The van der Waals surface area contributed by atoms with Crippen LogP contribution in [0, 0.1) is 5.92 Å². The summed E-state index contributed by atoms with van der Waals surface area (Å²) in [5.41, 5.74) is 2.87. The molecule has 7 heteroatoms. The van der Waals surface area contributed by atoms with E-state index in [4.69, 9.17) is 23.2 Å². The molecule has 154 valence electrons. The lowest BCUT2D eigenvalue weighted by atomic mass is 9.99. The zero-order valence-corrected chi connectivity index (χ0v) is 18.1. The number of anilines is 2. The van der Waals surface area contributed by atoms with Gasteiger partial charge in [-0.2, -0.15) is 0 Å². The highest BCUT2D eigenvalue weighted by Crippen LogP contribution is 2.25. The van der Waals surface area contributed by atoms with Crippen molar-refractivity contribution in [3.05, 3.63) is 70.2 Å². The maximum absolute atomic E-state index is 12.4. The van der Waals surface area contributed by atoms with Crippen molar-refractivity contribution in [3.63, 3.8) is 0 Å². The monoisotopic (exact) mass is 440 g/mol. The van der Waals surface area contributed by atoms with Crippen molar-refractivity contribution in [3.8, 4) is 11.3 Å². The minimum absolute atomic E-state index is 0.249. The highest BCUT2D eigenvalue weighted by molar-refractivity contribution is 6.42. The third kappa shape index (κ3) is 4.74. The van der Waals surface area contributed by atoms with Crippen molar-refractivity contribution < 1.29 is 4.79 Å². The number of carbonyl (C=O) groups is 1. The number of piperidine rings is 1. The van der Waals surface area contributed by atoms with Gasteiger partial charge in [-0.05, 0) is 61.2 Å². The molecule has 0 aliphatic carbocycles. The van der Waals surface area contributed by atoms with Crippen molar-refractivity contribution in [1.82, 2.24) is 10.2 Å². The standard InChI is InChI=1S/C23H22Cl2N4O/c1-15-10-12-29(13-11-15)22-9-8-21(27-28-22)16-2-5-18(6-3-16)26-23(30)17-4-7-19(24)20(25)14-17/h2-9,14-15H,10-13H2,1H3,(H,26,30). The summed E-state index contributed by atoms with van der Waals surface area (Å²) in [6.45, 7) is 4.35. The summed E-state index contributed by atoms with van der Waals surface area (Å²) in [6.07, 6.45) is 2.39. The predicted molar refractivity (Wildman–Crippen MR) is 122 cm³/mol. The molecule has 5 nitrogen and oxygen atoms in total. The number of benzene rings is 2. The van der Waals surface area contributed by atoms with Crippen LogP contribution in [0.1, 0.15) is 30.1 Å². The van der Waals surface area contributed by atoms with Gasteiger partial charge >= 0.3 is 0 Å². The summed E-state index contributed by atoms with van der Waals surface area (Å²) in [7, 11) is 0. The van der Waals surface area contributed by atoms with E-state index >= 15 is 0 Å². The van der Waals surface area contributed by atoms with Gasteiger partial charge in [-0.1, -0.05) is 42.3 Å². The molecule has 0 bridgehead atoms. The quantitative estimate of drug-likeness (QED) is 0.545. The van der Waals surface area contributed by atoms with Crippen molar-refractivity contribution in [2.24, 2.45) is 5.92 Å². The topological polar surface area (TPSA) is 58.1 Å². The summed E-state index contributed by atoms with van der Waals surface area (Å²) in [5.74, 6) is 1.46. The number of hydrogen-bond acceptors (Lipinski definition) is 4. The molecule has 0 spiro atoms. The van der Waals surface area contributed by atoms with Gasteiger partial charge in [0.15, 0.2) is 5.82 Å². The number of carbonyl (C=O) groups excluding carboxylic acids is 1. The Hall–Kier alpha value is -2.63. The van der Waals surface area contributed by atoms with E-state index in [0.29, 0.717) is 21.3 Å². The van der Waals surface area contributed by atoms with Crippen LogP contribution in [0.25, 0.3) is 11.3 Å². The molecule has 30 heavy (non-hydrogen) atoms. The number of aromatic nitrogens is 2. The fraction of sp³-hybridized carbons (Fsp3) is 0.261. The Morgan fingerprint density at radius 2 is 1.70 bits per heavy atom. The molecule has 1 amide bonds. The number of hydrogen-bond donors (Lipinski definition) is 1. The smallest absolute Gasteiger partial charge is 0.255 e. The van der Waals surface area contributed by atoms with Crippen LogP contribution in [0.5, 0.6) is 0 Å². The van der Waals surface area contributed by atoms with Crippen molar-refractivity contribution >= 4 is 40.6 Å². The van der Waals surface area contributed by atoms with E-state index in [9.17, 15) is 4.79 Å². The third-order valence-electron chi connectivity index (χ3n) is 5.38. The Morgan fingerprint density at radius 1 is 0.967 bits per heavy atom. The average Bonchev–Trinajstić information content (AvgIpc) is 2.77. The van der Waals surface area contributed by atoms with Crippen LogP contribution in [0.2, 0.25) is 10.0 Å². The van der Waals surface area contributed by atoms with Crippen molar-refractivity contribution in [2.45, 2.75) is 19.8 Å². The van der Waals surface area contributed by atoms with Crippen LogP contribution in [0.4, 0.5) is 11.5 Å². The number of nitrogens with one attached hydrogen (secondary N) is 1. The molecule has 0 saturated carbocycles. The minimum Gasteiger partial charge on any atom is -0.355 e. The molecule has 1 saturated heterocycles. The summed E-state index contributed by atoms with van der Waals surface area (Å²) >= 11 is 11.9. The summed E-state index contributed by atoms with van der Waals surface area (Å²) < 4.78 is 0. The number of rotatable bonds is 4. The lowest BCUT2D eigenvalue weighted by Crippen LogP contribution is -2.33. The summed E-state index contributed by atoms with van der Waals surface area (Å²) in [4.78, 5) is 14.7. The molecule has 1 aliphatic heterocycles. The second-order valence-corrected chi connectivity index (χ2v) is 8.42. The average molecular weight is 441 g/mol. The zero-order valence-electron chi connectivity index (χ0n) is 16.6. The molecular weight excluding hydrogens is 419 g/mol. The van der Waals surface area contributed by atoms with Gasteiger partial charge in [0, 0.05) is 29.9 Å². The fourth-order valence-electron chi connectivity index (χ4n) is 3.45. The van der Waals surface area contributed by atoms with Gasteiger partial charge in [0.05, 0.1) is 15.7 Å². The molecule has 1 N–H and O–H groups in total. The van der Waals surface area contributed by atoms with Crippen LogP contribution in [0.3, 0.4) is 0 Å². The van der Waals surface area contributed by atoms with Crippen LogP contribution in [-0.2, 0) is 0 Å². The predicted octanol–water partition coefficient (Wildman–Crippen LogP) is 5.94. The van der Waals surface area contributed by atoms with Crippen molar-refractivity contribution in [2.75, 3.05) is 23.3 Å². The van der Waals surface area contributed by atoms with E-state index in [-0.39, 0.29) is 5.91 Å². The molecule has 4 rings (SSSR count). The minimum atomic E-state index is -0.249. The maximum Gasteiger partial charge on any atom is 0.255 e. The molecule has 2 heterocycles. The first-order chi connectivity index (χ1) is 14.5. The van der Waals surface area contributed by atoms with Gasteiger partial charge in [0.1, 0.15) is 0 Å². The van der Waals surface area contributed by atoms with Crippen LogP contribution in [0.15, 0.2) is 54.6 Å². The van der Waals surface area contributed by atoms with Gasteiger partial charge in [0.25, 0.3) is 5.91 Å². The van der Waals surface area contributed by atoms with Gasteiger partial charge in [-0.3, -0.25) is 4.79 Å². The molecular formula is C23H22Cl2N4O. The first kappa shape index (κ1) is 20.6. The van der Waals surface area contributed by atoms with Crippen LogP contribution in [-0.4, -0.2) is 29.2 Å². The second-order valence-electron chi connectivity index (χ2n) is 7.61. The zero-order chi connectivity index (χ0) is 21.1. The van der Waals surface area contributed by atoms with E-state index in [2.05, 4.69) is 27.3 Å². The first-order valence-corrected chi connectivity index (χ1v) is 10.7. The van der Waals surface area contributed by atoms with E-state index < -0.39 is 0 Å². The lowest BCUT2D eigenvalue weighted by Gasteiger charge is -2.30. The largest absolute Gasteiger partial charge is 0.355 e. The van der Waals surface area contributed by atoms with Crippen molar-refractivity contribution in [1.29, 1.82) is 0 Å². The Bertz CT molecular complexity index is 1030. The fourth-order valence-corrected chi connectivity index (χ4v) is 3.75. The molecule has 2 aromatic carbocycles. The van der Waals surface area contributed by atoms with Crippen LogP contribution < -0.4 is 10.2 Å². The van der Waals surface area contributed by atoms with Gasteiger partial charge < -0.3 is 10.2 Å². The van der Waals surface area contributed by atoms with E-state index in [1.165, 1.54) is 12.8 Å². The number of halogens is 2. The molecule has 1 aliphatic rings. The lowest BCUT2D eigenvalue weighted by molar-refractivity contribution is 0.102. The molecule has 0 atom stereocenters. The Kier molecular flexibility index (Phi) is 6.21. The molecule has 0 unspecified atom stereocenters. The Morgan fingerprint density at radius 3 is 2.33 bits per heavy atom. The molecule has 1 aromatic heterocycles. The highest BCUT2D eigenvalue weighted by Gasteiger charge is 2.17. The van der Waals surface area contributed by atoms with E-state index in [0.717, 1.165) is 36.1 Å². The summed E-state index contributed by atoms with van der Waals surface area (Å²) in [5, 5.41) is 12.4. The molecule has 0 radical (unpaired) electrons. The Balaban J connectivity index is 1.41. The second kappa shape index (κ2) is 9.02. The van der Waals surface area contributed by atoms with Gasteiger partial charge in [0.2, 0.25) is 0 Å². The number of nitrogens with zero attached hydrogens (tertiary/aromatic N) is 3. The molecule has 3 aromatic rings.